The van der Waals surface area contributed by atoms with Crippen molar-refractivity contribution in [3.05, 3.63) is 82.6 Å². The van der Waals surface area contributed by atoms with Gasteiger partial charge in [0.05, 0.1) is 12.3 Å². The number of halogens is 1. The van der Waals surface area contributed by atoms with Crippen molar-refractivity contribution in [2.45, 2.75) is 13.2 Å². The number of rotatable bonds is 3. The maximum atomic E-state index is 6.03. The third-order valence-corrected chi connectivity index (χ3v) is 5.03. The molecule has 2 aromatic carbocycles. The molecule has 3 aromatic rings. The summed E-state index contributed by atoms with van der Waals surface area (Å²) in [4.78, 5) is 2.33. The molecule has 3 nitrogen and oxygen atoms in total. The fourth-order valence-electron chi connectivity index (χ4n) is 3.19. The van der Waals surface area contributed by atoms with E-state index in [2.05, 4.69) is 87.2 Å². The van der Waals surface area contributed by atoms with Gasteiger partial charge >= 0.3 is 0 Å². The highest BCUT2D eigenvalue weighted by atomic mass is 79.9. The number of hydrogen-bond donors (Lipinski definition) is 0. The van der Waals surface area contributed by atoms with E-state index in [1.54, 1.807) is 0 Å². The predicted molar refractivity (Wildman–Crippen MR) is 101 cm³/mol. The Hall–Kier alpha value is -2.04. The topological polar surface area (TPSA) is 17.4 Å². The molecule has 0 bridgehead atoms. The fourth-order valence-corrected chi connectivity index (χ4v) is 3.68. The van der Waals surface area contributed by atoms with E-state index in [1.165, 1.54) is 16.8 Å². The van der Waals surface area contributed by atoms with Gasteiger partial charge in [0.15, 0.2) is 6.23 Å². The summed E-state index contributed by atoms with van der Waals surface area (Å²) in [6, 6.07) is 19.0. The van der Waals surface area contributed by atoms with Crippen molar-refractivity contribution in [3.8, 4) is 5.69 Å². The molecule has 1 atom stereocenters. The number of para-hydroxylation sites is 1. The average molecular weight is 383 g/mol. The van der Waals surface area contributed by atoms with Crippen LogP contribution in [0.15, 0.2) is 71.5 Å². The summed E-state index contributed by atoms with van der Waals surface area (Å²) < 4.78 is 9.24. The molecule has 0 radical (unpaired) electrons. The Bertz CT molecular complexity index is 858. The molecule has 0 spiro atoms. The van der Waals surface area contributed by atoms with E-state index in [1.807, 2.05) is 12.1 Å². The predicted octanol–water partition coefficient (Wildman–Crippen LogP) is 5.08. The number of benzene rings is 2. The third-order valence-electron chi connectivity index (χ3n) is 4.36. The smallest absolute Gasteiger partial charge is 0.158 e. The largest absolute Gasteiger partial charge is 0.352 e. The van der Waals surface area contributed by atoms with Gasteiger partial charge in [-0.05, 0) is 58.7 Å². The molecule has 4 rings (SSSR count). The molecule has 1 aliphatic heterocycles. The van der Waals surface area contributed by atoms with E-state index in [9.17, 15) is 0 Å². The van der Waals surface area contributed by atoms with Gasteiger partial charge in [0.2, 0.25) is 0 Å². The molecule has 1 fully saturated rings. The second-order valence-corrected chi connectivity index (χ2v) is 6.91. The lowest BCUT2D eigenvalue weighted by Crippen LogP contribution is -2.23. The molecule has 0 amide bonds. The molecule has 1 aliphatic rings. The summed E-state index contributed by atoms with van der Waals surface area (Å²) in [5, 5.41) is 0. The van der Waals surface area contributed by atoms with E-state index < -0.39 is 0 Å². The maximum absolute atomic E-state index is 6.03. The van der Waals surface area contributed by atoms with E-state index in [0.29, 0.717) is 0 Å². The molecular formula is C20H19BrN2O. The van der Waals surface area contributed by atoms with Crippen LogP contribution >= 0.6 is 15.9 Å². The molecule has 1 saturated heterocycles. The molecule has 1 aromatic heterocycles. The van der Waals surface area contributed by atoms with Crippen LogP contribution in [0.1, 0.15) is 17.4 Å². The van der Waals surface area contributed by atoms with Crippen LogP contribution < -0.4 is 4.90 Å². The first-order valence-corrected chi connectivity index (χ1v) is 8.89. The van der Waals surface area contributed by atoms with Crippen molar-refractivity contribution in [2.24, 2.45) is 0 Å². The van der Waals surface area contributed by atoms with E-state index in [4.69, 9.17) is 4.74 Å². The van der Waals surface area contributed by atoms with Crippen LogP contribution in [0.25, 0.3) is 5.69 Å². The zero-order valence-corrected chi connectivity index (χ0v) is 15.1. The third kappa shape index (κ3) is 2.87. The van der Waals surface area contributed by atoms with Gasteiger partial charge in [0.25, 0.3) is 0 Å². The monoisotopic (exact) mass is 382 g/mol. The van der Waals surface area contributed by atoms with E-state index in [0.717, 1.165) is 23.3 Å². The summed E-state index contributed by atoms with van der Waals surface area (Å²) in [5.41, 5.74) is 4.78. The summed E-state index contributed by atoms with van der Waals surface area (Å²) in [7, 11) is 0. The van der Waals surface area contributed by atoms with Crippen molar-refractivity contribution in [3.63, 3.8) is 0 Å². The quantitative estimate of drug-likeness (QED) is 0.627. The minimum absolute atomic E-state index is 0.0319. The van der Waals surface area contributed by atoms with Crippen LogP contribution in [0, 0.1) is 6.92 Å². The first-order chi connectivity index (χ1) is 11.7. The average Bonchev–Trinajstić information content (AvgIpc) is 3.24. The summed E-state index contributed by atoms with van der Waals surface area (Å²) in [6.07, 6.45) is 4.21. The lowest BCUT2D eigenvalue weighted by atomic mass is 10.2. The second-order valence-electron chi connectivity index (χ2n) is 6.06. The first-order valence-electron chi connectivity index (χ1n) is 8.10. The van der Waals surface area contributed by atoms with Crippen molar-refractivity contribution in [2.75, 3.05) is 18.1 Å². The number of aromatic nitrogens is 1. The van der Waals surface area contributed by atoms with Crippen LogP contribution in [0.2, 0.25) is 0 Å². The Morgan fingerprint density at radius 2 is 1.96 bits per heavy atom. The van der Waals surface area contributed by atoms with Gasteiger partial charge in [-0.15, -0.1) is 0 Å². The number of aryl methyl sites for hydroxylation is 1. The van der Waals surface area contributed by atoms with Crippen molar-refractivity contribution < 1.29 is 4.74 Å². The Morgan fingerprint density at radius 3 is 2.79 bits per heavy atom. The van der Waals surface area contributed by atoms with Crippen LogP contribution in [0.4, 0.5) is 5.69 Å². The van der Waals surface area contributed by atoms with Gasteiger partial charge in [-0.25, -0.2) is 0 Å². The minimum Gasteiger partial charge on any atom is -0.352 e. The Kier molecular flexibility index (Phi) is 4.17. The lowest BCUT2D eigenvalue weighted by molar-refractivity contribution is 0.114. The van der Waals surface area contributed by atoms with Crippen LogP contribution in [0.5, 0.6) is 0 Å². The molecule has 1 unspecified atom stereocenters. The van der Waals surface area contributed by atoms with Gasteiger partial charge in [0.1, 0.15) is 0 Å². The molecule has 0 saturated carbocycles. The highest BCUT2D eigenvalue weighted by Crippen LogP contribution is 2.33. The SMILES string of the molecule is Cc1cccc(N2CCOC2c2ccn(-c3ccccc3Br)c2)c1. The Morgan fingerprint density at radius 1 is 1.08 bits per heavy atom. The number of hydrogen-bond acceptors (Lipinski definition) is 2. The van der Waals surface area contributed by atoms with Gasteiger partial charge in [-0.1, -0.05) is 24.3 Å². The van der Waals surface area contributed by atoms with Gasteiger partial charge in [-0.3, -0.25) is 0 Å². The number of nitrogens with zero attached hydrogens (tertiary/aromatic N) is 2. The Balaban J connectivity index is 1.65. The van der Waals surface area contributed by atoms with E-state index >= 15 is 0 Å². The zero-order valence-electron chi connectivity index (χ0n) is 13.5. The van der Waals surface area contributed by atoms with Crippen LogP contribution in [-0.4, -0.2) is 17.7 Å². The van der Waals surface area contributed by atoms with Crippen LogP contribution in [0.3, 0.4) is 0 Å². The second kappa shape index (κ2) is 6.46. The molecule has 24 heavy (non-hydrogen) atoms. The van der Waals surface area contributed by atoms with Gasteiger partial charge in [0, 0.05) is 34.7 Å². The Labute approximate surface area is 150 Å². The lowest BCUT2D eigenvalue weighted by Gasteiger charge is -2.25. The van der Waals surface area contributed by atoms with Crippen molar-refractivity contribution >= 4 is 21.6 Å². The fraction of sp³-hybridized carbons (Fsp3) is 0.200. The summed E-state index contributed by atoms with van der Waals surface area (Å²) in [6.45, 7) is 3.78. The van der Waals surface area contributed by atoms with Crippen molar-refractivity contribution in [1.29, 1.82) is 0 Å². The molecule has 0 aliphatic carbocycles. The van der Waals surface area contributed by atoms with Crippen LogP contribution in [-0.2, 0) is 4.74 Å². The van der Waals surface area contributed by atoms with Gasteiger partial charge < -0.3 is 14.2 Å². The van der Waals surface area contributed by atoms with E-state index in [-0.39, 0.29) is 6.23 Å². The molecule has 4 heteroatoms. The minimum atomic E-state index is -0.0319. The molecule has 0 N–H and O–H groups in total. The summed E-state index contributed by atoms with van der Waals surface area (Å²) in [5.74, 6) is 0. The normalized spacial score (nSPS) is 17.4. The highest BCUT2D eigenvalue weighted by Gasteiger charge is 2.28. The molecular weight excluding hydrogens is 364 g/mol. The standard InChI is InChI=1S/C20H19BrN2O/c1-15-5-4-6-17(13-15)23-11-12-24-20(23)16-9-10-22(14-16)19-8-3-2-7-18(19)21/h2-10,13-14,20H,11-12H2,1H3. The number of ether oxygens (including phenoxy) is 1. The highest BCUT2D eigenvalue weighted by molar-refractivity contribution is 9.10. The summed E-state index contributed by atoms with van der Waals surface area (Å²) >= 11 is 3.62. The maximum Gasteiger partial charge on any atom is 0.158 e. The first kappa shape index (κ1) is 15.5. The number of anilines is 1. The molecule has 2 heterocycles. The van der Waals surface area contributed by atoms with Gasteiger partial charge in [-0.2, -0.15) is 0 Å². The zero-order chi connectivity index (χ0) is 16.5. The van der Waals surface area contributed by atoms with Crippen molar-refractivity contribution in [1.82, 2.24) is 4.57 Å². The molecule has 122 valence electrons.